The molecule has 4 heteroatoms. The molecule has 1 rings (SSSR count). The number of benzene rings is 1. The minimum atomic E-state index is 0.100. The normalized spacial score (nSPS) is 12.1. The van der Waals surface area contributed by atoms with Gasteiger partial charge in [-0.25, -0.2) is 0 Å². The van der Waals surface area contributed by atoms with Crippen molar-refractivity contribution in [3.8, 4) is 5.75 Å². The van der Waals surface area contributed by atoms with Crippen molar-refractivity contribution >= 4 is 17.5 Å². The first-order chi connectivity index (χ1) is 9.11. The number of halogens is 1. The first kappa shape index (κ1) is 15.8. The minimum absolute atomic E-state index is 0.100. The summed E-state index contributed by atoms with van der Waals surface area (Å²) in [6.45, 7) is 2.01. The molecule has 0 aliphatic rings. The maximum atomic E-state index is 11.6. The molecule has 106 valence electrons. The van der Waals surface area contributed by atoms with E-state index >= 15 is 0 Å². The number of phenols is 1. The van der Waals surface area contributed by atoms with E-state index in [0.717, 1.165) is 25.7 Å². The number of aryl methyl sites for hydroxylation is 1. The largest absolute Gasteiger partial charge is 0.508 e. The zero-order chi connectivity index (χ0) is 14.1. The van der Waals surface area contributed by atoms with E-state index in [9.17, 15) is 9.90 Å². The lowest BCUT2D eigenvalue weighted by Crippen LogP contribution is -2.32. The van der Waals surface area contributed by atoms with Gasteiger partial charge in [-0.15, -0.1) is 11.6 Å². The number of unbranched alkanes of at least 4 members (excludes halogenated alkanes) is 1. The van der Waals surface area contributed by atoms with Gasteiger partial charge in [0.25, 0.3) is 0 Å². The number of amides is 1. The number of hydrogen-bond acceptors (Lipinski definition) is 2. The van der Waals surface area contributed by atoms with Crippen molar-refractivity contribution in [3.63, 3.8) is 0 Å². The molecule has 0 heterocycles. The second-order valence-corrected chi connectivity index (χ2v) is 5.20. The van der Waals surface area contributed by atoms with Crippen LogP contribution in [0.3, 0.4) is 0 Å². The molecule has 0 saturated heterocycles. The second kappa shape index (κ2) is 8.81. The number of rotatable bonds is 8. The van der Waals surface area contributed by atoms with Crippen LogP contribution in [0.2, 0.25) is 0 Å². The summed E-state index contributed by atoms with van der Waals surface area (Å²) in [5.41, 5.74) is 1.17. The van der Waals surface area contributed by atoms with Crippen molar-refractivity contribution in [2.75, 3.05) is 5.88 Å². The predicted octanol–water partition coefficient (Wildman–Crippen LogP) is 3.24. The molecule has 2 N–H and O–H groups in total. The summed E-state index contributed by atoms with van der Waals surface area (Å²) in [6, 6.07) is 7.35. The zero-order valence-electron chi connectivity index (χ0n) is 11.4. The standard InChI is InChI=1S/C15H22ClNO2/c1-12(17-15(19)4-2-3-11-16)5-6-13-7-9-14(18)10-8-13/h7-10,12,18H,2-6,11H2,1H3,(H,17,19). The van der Waals surface area contributed by atoms with Crippen LogP contribution in [0.1, 0.15) is 38.2 Å². The van der Waals surface area contributed by atoms with Crippen molar-refractivity contribution in [1.29, 1.82) is 0 Å². The first-order valence-corrected chi connectivity index (χ1v) is 7.28. The molecule has 1 aromatic carbocycles. The third-order valence-corrected chi connectivity index (χ3v) is 3.26. The first-order valence-electron chi connectivity index (χ1n) is 6.75. The third-order valence-electron chi connectivity index (χ3n) is 3.00. The second-order valence-electron chi connectivity index (χ2n) is 4.82. The predicted molar refractivity (Wildman–Crippen MR) is 78.6 cm³/mol. The van der Waals surface area contributed by atoms with E-state index in [-0.39, 0.29) is 17.7 Å². The van der Waals surface area contributed by atoms with E-state index in [0.29, 0.717) is 12.3 Å². The fourth-order valence-corrected chi connectivity index (χ4v) is 2.03. The van der Waals surface area contributed by atoms with E-state index in [4.69, 9.17) is 11.6 Å². The van der Waals surface area contributed by atoms with Crippen molar-refractivity contribution < 1.29 is 9.90 Å². The smallest absolute Gasteiger partial charge is 0.220 e. The molecule has 1 atom stereocenters. The quantitative estimate of drug-likeness (QED) is 0.568. The molecular formula is C15H22ClNO2. The molecule has 0 radical (unpaired) electrons. The highest BCUT2D eigenvalue weighted by molar-refractivity contribution is 6.17. The highest BCUT2D eigenvalue weighted by atomic mass is 35.5. The highest BCUT2D eigenvalue weighted by Crippen LogP contribution is 2.12. The number of carbonyl (C=O) groups excluding carboxylic acids is 1. The maximum Gasteiger partial charge on any atom is 0.220 e. The molecule has 0 saturated carbocycles. The molecule has 1 amide bonds. The SMILES string of the molecule is CC(CCc1ccc(O)cc1)NC(=O)CCCCCl. The van der Waals surface area contributed by atoms with Gasteiger partial charge in [-0.2, -0.15) is 0 Å². The molecule has 0 fully saturated rings. The number of aromatic hydroxyl groups is 1. The molecule has 1 unspecified atom stereocenters. The molecule has 19 heavy (non-hydrogen) atoms. The van der Waals surface area contributed by atoms with Gasteiger partial charge in [-0.1, -0.05) is 12.1 Å². The molecule has 3 nitrogen and oxygen atoms in total. The molecule has 0 aromatic heterocycles. The Hall–Kier alpha value is -1.22. The van der Waals surface area contributed by atoms with Crippen LogP contribution in [-0.4, -0.2) is 22.9 Å². The number of carbonyl (C=O) groups is 1. The van der Waals surface area contributed by atoms with Crippen LogP contribution in [0.25, 0.3) is 0 Å². The van der Waals surface area contributed by atoms with Gasteiger partial charge in [0.2, 0.25) is 5.91 Å². The fourth-order valence-electron chi connectivity index (χ4n) is 1.84. The van der Waals surface area contributed by atoms with Gasteiger partial charge >= 0.3 is 0 Å². The molecule has 0 spiro atoms. The number of hydrogen-bond donors (Lipinski definition) is 2. The molecule has 0 aliphatic heterocycles. The van der Waals surface area contributed by atoms with Crippen LogP contribution >= 0.6 is 11.6 Å². The zero-order valence-corrected chi connectivity index (χ0v) is 12.1. The Kier molecular flexibility index (Phi) is 7.34. The van der Waals surface area contributed by atoms with Crippen LogP contribution in [0.5, 0.6) is 5.75 Å². The topological polar surface area (TPSA) is 49.3 Å². The van der Waals surface area contributed by atoms with Crippen LogP contribution in [0.15, 0.2) is 24.3 Å². The number of alkyl halides is 1. The van der Waals surface area contributed by atoms with Gasteiger partial charge in [0.15, 0.2) is 0 Å². The Morgan fingerprint density at radius 1 is 1.32 bits per heavy atom. The lowest BCUT2D eigenvalue weighted by atomic mass is 10.1. The molecule has 1 aromatic rings. The summed E-state index contributed by atoms with van der Waals surface area (Å²) in [7, 11) is 0. The monoisotopic (exact) mass is 283 g/mol. The van der Waals surface area contributed by atoms with E-state index in [2.05, 4.69) is 5.32 Å². The highest BCUT2D eigenvalue weighted by Gasteiger charge is 2.07. The Bertz CT molecular complexity index is 378. The lowest BCUT2D eigenvalue weighted by Gasteiger charge is -2.13. The average molecular weight is 284 g/mol. The maximum absolute atomic E-state index is 11.6. The van der Waals surface area contributed by atoms with Crippen molar-refractivity contribution in [1.82, 2.24) is 5.32 Å². The summed E-state index contributed by atoms with van der Waals surface area (Å²) in [5.74, 6) is 0.997. The van der Waals surface area contributed by atoms with E-state index in [1.165, 1.54) is 5.56 Å². The van der Waals surface area contributed by atoms with Crippen LogP contribution in [-0.2, 0) is 11.2 Å². The summed E-state index contributed by atoms with van der Waals surface area (Å²) >= 11 is 5.57. The average Bonchev–Trinajstić information content (AvgIpc) is 2.38. The van der Waals surface area contributed by atoms with E-state index < -0.39 is 0 Å². The number of nitrogens with one attached hydrogen (secondary N) is 1. The summed E-state index contributed by atoms with van der Waals surface area (Å²) in [6.07, 6.45) is 4.07. The summed E-state index contributed by atoms with van der Waals surface area (Å²) in [4.78, 5) is 11.6. The Morgan fingerprint density at radius 3 is 2.63 bits per heavy atom. The lowest BCUT2D eigenvalue weighted by molar-refractivity contribution is -0.121. The van der Waals surface area contributed by atoms with Gasteiger partial charge in [0, 0.05) is 18.3 Å². The van der Waals surface area contributed by atoms with Gasteiger partial charge in [0.1, 0.15) is 5.75 Å². The van der Waals surface area contributed by atoms with Gasteiger partial charge in [-0.3, -0.25) is 4.79 Å². The number of phenolic OH excluding ortho intramolecular Hbond substituents is 1. The Morgan fingerprint density at radius 2 is 2.00 bits per heavy atom. The minimum Gasteiger partial charge on any atom is -0.508 e. The third kappa shape index (κ3) is 7.06. The van der Waals surface area contributed by atoms with Gasteiger partial charge in [0.05, 0.1) is 0 Å². The van der Waals surface area contributed by atoms with Crippen LogP contribution in [0, 0.1) is 0 Å². The Balaban J connectivity index is 2.21. The van der Waals surface area contributed by atoms with Crippen LogP contribution in [0.4, 0.5) is 0 Å². The molecular weight excluding hydrogens is 262 g/mol. The molecule has 0 bridgehead atoms. The van der Waals surface area contributed by atoms with Gasteiger partial charge in [-0.05, 0) is 50.3 Å². The summed E-state index contributed by atoms with van der Waals surface area (Å²) < 4.78 is 0. The van der Waals surface area contributed by atoms with Crippen molar-refractivity contribution in [2.45, 2.75) is 45.1 Å². The van der Waals surface area contributed by atoms with E-state index in [1.807, 2.05) is 19.1 Å². The van der Waals surface area contributed by atoms with Crippen molar-refractivity contribution in [2.24, 2.45) is 0 Å². The van der Waals surface area contributed by atoms with Gasteiger partial charge < -0.3 is 10.4 Å². The van der Waals surface area contributed by atoms with E-state index in [1.54, 1.807) is 12.1 Å². The van der Waals surface area contributed by atoms with Crippen LogP contribution < -0.4 is 5.32 Å². The molecule has 0 aliphatic carbocycles. The summed E-state index contributed by atoms with van der Waals surface area (Å²) in [5, 5.41) is 12.2. The Labute approximate surface area is 120 Å². The fraction of sp³-hybridized carbons (Fsp3) is 0.533. The van der Waals surface area contributed by atoms with Crippen molar-refractivity contribution in [3.05, 3.63) is 29.8 Å².